The third-order valence-electron chi connectivity index (χ3n) is 0.865. The van der Waals surface area contributed by atoms with Crippen LogP contribution in [0.15, 0.2) is 0 Å². The van der Waals surface area contributed by atoms with Gasteiger partial charge in [0, 0.05) is 0 Å². The van der Waals surface area contributed by atoms with Crippen molar-refractivity contribution in [2.75, 3.05) is 13.2 Å². The van der Waals surface area contributed by atoms with Crippen molar-refractivity contribution in [3.8, 4) is 0 Å². The molecule has 50 valence electrons. The summed E-state index contributed by atoms with van der Waals surface area (Å²) in [6, 6.07) is 0. The number of aliphatic hydroxyl groups is 2. The van der Waals surface area contributed by atoms with Crippen LogP contribution in [0.4, 0.5) is 0 Å². The summed E-state index contributed by atoms with van der Waals surface area (Å²) in [6.07, 6.45) is 0. The van der Waals surface area contributed by atoms with E-state index in [2.05, 4.69) is 5.32 Å². The molecule has 0 aromatic heterocycles. The minimum absolute atomic E-state index is 0.249. The highest BCUT2D eigenvalue weighted by molar-refractivity contribution is 4.64. The maximum Gasteiger partial charge on any atom is 0.136 e. The second-order valence-electron chi connectivity index (χ2n) is 1.96. The first-order valence-corrected chi connectivity index (χ1v) is 2.70. The van der Waals surface area contributed by atoms with Gasteiger partial charge < -0.3 is 10.2 Å². The Bertz CT molecular complexity index is 63.4. The van der Waals surface area contributed by atoms with Crippen molar-refractivity contribution in [2.24, 2.45) is 0 Å². The molecular weight excluding hydrogens is 106 g/mol. The number of nitrogens with one attached hydrogen (secondary N) is 1. The molecule has 0 aromatic rings. The molecule has 0 radical (unpaired) electrons. The molecule has 0 aromatic carbocycles. The van der Waals surface area contributed by atoms with E-state index in [4.69, 9.17) is 10.2 Å². The highest BCUT2D eigenvalue weighted by Gasteiger charge is 2.14. The van der Waals surface area contributed by atoms with Crippen molar-refractivity contribution in [3.05, 3.63) is 0 Å². The van der Waals surface area contributed by atoms with E-state index >= 15 is 0 Å². The second kappa shape index (κ2) is 3.02. The summed E-state index contributed by atoms with van der Waals surface area (Å²) < 4.78 is 0. The molecule has 3 nitrogen and oxygen atoms in total. The Morgan fingerprint density at radius 1 is 1.62 bits per heavy atom. The number of likely N-dealkylation sites (N-methyl/N-ethyl adjacent to an activating group) is 1. The van der Waals surface area contributed by atoms with Gasteiger partial charge in [-0.2, -0.15) is 0 Å². The lowest BCUT2D eigenvalue weighted by Crippen LogP contribution is -2.45. The Morgan fingerprint density at radius 3 is 2.25 bits per heavy atom. The molecule has 0 heterocycles. The van der Waals surface area contributed by atoms with Crippen LogP contribution in [0.1, 0.15) is 13.8 Å². The van der Waals surface area contributed by atoms with Crippen molar-refractivity contribution in [1.29, 1.82) is 0 Å². The molecule has 0 aliphatic carbocycles. The van der Waals surface area contributed by atoms with E-state index < -0.39 is 5.72 Å². The zero-order valence-corrected chi connectivity index (χ0v) is 5.31. The summed E-state index contributed by atoms with van der Waals surface area (Å²) in [4.78, 5) is 0. The van der Waals surface area contributed by atoms with Crippen LogP contribution in [0, 0.1) is 0 Å². The number of hydrogen-bond acceptors (Lipinski definition) is 3. The molecule has 0 saturated carbocycles. The van der Waals surface area contributed by atoms with Gasteiger partial charge in [0.25, 0.3) is 0 Å². The average Bonchev–Trinajstić information content (AvgIpc) is 1.67. The first-order valence-electron chi connectivity index (χ1n) is 2.70. The largest absolute Gasteiger partial charge is 0.392 e. The van der Waals surface area contributed by atoms with E-state index in [9.17, 15) is 0 Å². The van der Waals surface area contributed by atoms with E-state index in [0.717, 1.165) is 0 Å². The number of rotatable bonds is 3. The maximum absolute atomic E-state index is 8.96. The Balaban J connectivity index is 3.37. The molecule has 0 saturated heterocycles. The molecule has 8 heavy (non-hydrogen) atoms. The van der Waals surface area contributed by atoms with E-state index in [1.54, 1.807) is 0 Å². The summed E-state index contributed by atoms with van der Waals surface area (Å²) in [7, 11) is 0. The van der Waals surface area contributed by atoms with E-state index in [1.807, 2.05) is 6.92 Å². The molecule has 0 amide bonds. The van der Waals surface area contributed by atoms with Crippen LogP contribution in [0.25, 0.3) is 0 Å². The topological polar surface area (TPSA) is 52.5 Å². The Hall–Kier alpha value is -0.120. The molecular formula is C5H13NO2. The van der Waals surface area contributed by atoms with Gasteiger partial charge in [-0.1, -0.05) is 6.92 Å². The van der Waals surface area contributed by atoms with Gasteiger partial charge in [0.15, 0.2) is 0 Å². The Morgan fingerprint density at radius 2 is 2.12 bits per heavy atom. The van der Waals surface area contributed by atoms with Crippen LogP contribution < -0.4 is 5.32 Å². The molecule has 1 atom stereocenters. The lowest BCUT2D eigenvalue weighted by atomic mass is 10.3. The van der Waals surface area contributed by atoms with Gasteiger partial charge in [0.05, 0.1) is 6.61 Å². The highest BCUT2D eigenvalue weighted by Crippen LogP contribution is 1.92. The molecule has 0 rings (SSSR count). The normalized spacial score (nSPS) is 18.0. The van der Waals surface area contributed by atoms with Crippen LogP contribution >= 0.6 is 0 Å². The summed E-state index contributed by atoms with van der Waals surface area (Å²) >= 11 is 0. The third kappa shape index (κ3) is 2.96. The summed E-state index contributed by atoms with van der Waals surface area (Å²) in [5.74, 6) is 0. The van der Waals surface area contributed by atoms with Gasteiger partial charge in [0.1, 0.15) is 5.72 Å². The van der Waals surface area contributed by atoms with Crippen LogP contribution in [0.3, 0.4) is 0 Å². The molecule has 0 bridgehead atoms. The molecule has 3 heteroatoms. The average molecular weight is 119 g/mol. The highest BCUT2D eigenvalue weighted by atomic mass is 16.3. The van der Waals surface area contributed by atoms with Crippen molar-refractivity contribution in [1.82, 2.24) is 5.32 Å². The number of aliphatic hydroxyl groups excluding tert-OH is 1. The zero-order valence-electron chi connectivity index (χ0n) is 5.31. The summed E-state index contributed by atoms with van der Waals surface area (Å²) in [5.41, 5.74) is -1.10. The van der Waals surface area contributed by atoms with E-state index in [-0.39, 0.29) is 6.61 Å². The fourth-order valence-electron chi connectivity index (χ4n) is 0.437. The first kappa shape index (κ1) is 7.88. The van der Waals surface area contributed by atoms with Gasteiger partial charge in [0.2, 0.25) is 0 Å². The number of hydrogen-bond donors (Lipinski definition) is 3. The van der Waals surface area contributed by atoms with Crippen molar-refractivity contribution >= 4 is 0 Å². The smallest absolute Gasteiger partial charge is 0.136 e. The van der Waals surface area contributed by atoms with Crippen LogP contribution in [0.5, 0.6) is 0 Å². The fraction of sp³-hybridized carbons (Fsp3) is 1.00. The summed E-state index contributed by atoms with van der Waals surface area (Å²) in [5, 5.41) is 20.1. The molecule has 1 unspecified atom stereocenters. The minimum Gasteiger partial charge on any atom is -0.392 e. The van der Waals surface area contributed by atoms with E-state index in [0.29, 0.717) is 6.54 Å². The quantitative estimate of drug-likeness (QED) is 0.430. The van der Waals surface area contributed by atoms with Crippen LogP contribution in [-0.4, -0.2) is 29.1 Å². The standard InChI is InChI=1S/C5H13NO2/c1-3-6-5(2,8)4-7/h6-8H,3-4H2,1-2H3. The maximum atomic E-state index is 8.96. The molecule has 0 spiro atoms. The second-order valence-corrected chi connectivity index (χ2v) is 1.96. The van der Waals surface area contributed by atoms with Gasteiger partial charge in [-0.3, -0.25) is 5.32 Å². The molecule has 3 N–H and O–H groups in total. The van der Waals surface area contributed by atoms with Crippen LogP contribution in [-0.2, 0) is 0 Å². The van der Waals surface area contributed by atoms with Crippen molar-refractivity contribution in [3.63, 3.8) is 0 Å². The monoisotopic (exact) mass is 119 g/mol. The van der Waals surface area contributed by atoms with Crippen LogP contribution in [0.2, 0.25) is 0 Å². The molecule has 0 aliphatic rings. The van der Waals surface area contributed by atoms with Crippen molar-refractivity contribution < 1.29 is 10.2 Å². The van der Waals surface area contributed by atoms with Gasteiger partial charge in [-0.15, -0.1) is 0 Å². The zero-order chi connectivity index (χ0) is 6.62. The first-order chi connectivity index (χ1) is 3.62. The summed E-state index contributed by atoms with van der Waals surface area (Å²) in [6.45, 7) is 3.80. The minimum atomic E-state index is -1.10. The van der Waals surface area contributed by atoms with Gasteiger partial charge in [-0.25, -0.2) is 0 Å². The fourth-order valence-corrected chi connectivity index (χ4v) is 0.437. The SMILES string of the molecule is CCNC(C)(O)CO. The van der Waals surface area contributed by atoms with Crippen molar-refractivity contribution in [2.45, 2.75) is 19.6 Å². The lowest BCUT2D eigenvalue weighted by molar-refractivity contribution is -0.0254. The van der Waals surface area contributed by atoms with E-state index in [1.165, 1.54) is 6.92 Å². The molecule has 0 aliphatic heterocycles. The van der Waals surface area contributed by atoms with Gasteiger partial charge >= 0.3 is 0 Å². The predicted molar refractivity (Wildman–Crippen MR) is 31.4 cm³/mol. The Kier molecular flexibility index (Phi) is 2.97. The predicted octanol–water partition coefficient (Wildman–Crippen LogP) is -0.703. The Labute approximate surface area is 49.3 Å². The molecule has 0 fully saturated rings. The third-order valence-corrected chi connectivity index (χ3v) is 0.865. The van der Waals surface area contributed by atoms with Gasteiger partial charge in [-0.05, 0) is 13.5 Å². The lowest BCUT2D eigenvalue weighted by Gasteiger charge is -2.20.